The highest BCUT2D eigenvalue weighted by Crippen LogP contribution is 1.96. The topological polar surface area (TPSA) is 53.0 Å². The second kappa shape index (κ2) is 6.62. The number of hydrogen-bond acceptors (Lipinski definition) is 4. The van der Waals surface area contributed by atoms with Crippen LogP contribution in [0.4, 0.5) is 4.79 Å². The van der Waals surface area contributed by atoms with Crippen LogP contribution in [-0.2, 0) is 4.74 Å². The highest BCUT2D eigenvalue weighted by molar-refractivity contribution is 5.66. The SMILES string of the molecule is CC(C)OC(=O)N(O)CCCN(C)C. The molecule has 0 bridgehead atoms. The third-order valence-electron chi connectivity index (χ3n) is 1.52. The minimum atomic E-state index is -0.682. The van der Waals surface area contributed by atoms with Gasteiger partial charge in [0.05, 0.1) is 12.6 Å². The summed E-state index contributed by atoms with van der Waals surface area (Å²) in [5, 5.41) is 9.83. The van der Waals surface area contributed by atoms with Crippen LogP contribution in [0.15, 0.2) is 0 Å². The largest absolute Gasteiger partial charge is 0.445 e. The van der Waals surface area contributed by atoms with Gasteiger partial charge in [0, 0.05) is 0 Å². The average molecular weight is 204 g/mol. The van der Waals surface area contributed by atoms with E-state index in [1.54, 1.807) is 13.8 Å². The fourth-order valence-corrected chi connectivity index (χ4v) is 0.890. The molecular weight excluding hydrogens is 184 g/mol. The molecule has 0 rings (SSSR count). The molecule has 0 fully saturated rings. The van der Waals surface area contributed by atoms with Crippen molar-refractivity contribution in [2.24, 2.45) is 0 Å². The fourth-order valence-electron chi connectivity index (χ4n) is 0.890. The van der Waals surface area contributed by atoms with Crippen molar-refractivity contribution in [3.05, 3.63) is 0 Å². The molecule has 1 amide bonds. The lowest BCUT2D eigenvalue weighted by atomic mass is 10.4. The zero-order valence-corrected chi connectivity index (χ0v) is 9.36. The summed E-state index contributed by atoms with van der Waals surface area (Å²) in [6, 6.07) is 0. The Morgan fingerprint density at radius 3 is 2.36 bits per heavy atom. The number of carbonyl (C=O) groups excluding carboxylic acids is 1. The van der Waals surface area contributed by atoms with Gasteiger partial charge >= 0.3 is 6.09 Å². The number of carbonyl (C=O) groups is 1. The summed E-state index contributed by atoms with van der Waals surface area (Å²) in [4.78, 5) is 13.1. The van der Waals surface area contributed by atoms with Crippen LogP contribution < -0.4 is 0 Å². The first-order chi connectivity index (χ1) is 6.43. The lowest BCUT2D eigenvalue weighted by Crippen LogP contribution is -2.32. The van der Waals surface area contributed by atoms with Crippen LogP contribution in [0.1, 0.15) is 20.3 Å². The Hall–Kier alpha value is -0.810. The van der Waals surface area contributed by atoms with Crippen LogP contribution in [-0.4, -0.2) is 54.6 Å². The molecule has 0 aromatic rings. The normalized spacial score (nSPS) is 10.8. The van der Waals surface area contributed by atoms with Gasteiger partial charge in [-0.25, -0.2) is 4.79 Å². The number of rotatable bonds is 5. The Balaban J connectivity index is 3.62. The van der Waals surface area contributed by atoms with Crippen molar-refractivity contribution in [1.29, 1.82) is 0 Å². The highest BCUT2D eigenvalue weighted by Gasteiger charge is 2.12. The Labute approximate surface area is 85.2 Å². The van der Waals surface area contributed by atoms with E-state index in [4.69, 9.17) is 4.74 Å². The minimum absolute atomic E-state index is 0.203. The molecule has 0 heterocycles. The van der Waals surface area contributed by atoms with Crippen LogP contribution in [0, 0.1) is 0 Å². The monoisotopic (exact) mass is 204 g/mol. The van der Waals surface area contributed by atoms with E-state index in [0.29, 0.717) is 11.6 Å². The van der Waals surface area contributed by atoms with Crippen molar-refractivity contribution >= 4 is 6.09 Å². The summed E-state index contributed by atoms with van der Waals surface area (Å²) < 4.78 is 4.79. The maximum atomic E-state index is 11.1. The number of nitrogens with zero attached hydrogens (tertiary/aromatic N) is 2. The molecule has 0 saturated heterocycles. The van der Waals surface area contributed by atoms with Gasteiger partial charge in [0.15, 0.2) is 0 Å². The molecule has 0 spiro atoms. The van der Waals surface area contributed by atoms with Gasteiger partial charge in [-0.05, 0) is 40.9 Å². The van der Waals surface area contributed by atoms with Crippen LogP contribution in [0.3, 0.4) is 0 Å². The van der Waals surface area contributed by atoms with E-state index in [9.17, 15) is 10.0 Å². The van der Waals surface area contributed by atoms with E-state index < -0.39 is 6.09 Å². The molecule has 14 heavy (non-hydrogen) atoms. The van der Waals surface area contributed by atoms with Crippen molar-refractivity contribution in [3.63, 3.8) is 0 Å². The lowest BCUT2D eigenvalue weighted by molar-refractivity contribution is -0.0813. The highest BCUT2D eigenvalue weighted by atomic mass is 16.6. The molecule has 5 heteroatoms. The van der Waals surface area contributed by atoms with Crippen molar-refractivity contribution in [2.75, 3.05) is 27.2 Å². The smallest absolute Gasteiger partial charge is 0.433 e. The maximum absolute atomic E-state index is 11.1. The Kier molecular flexibility index (Phi) is 6.23. The molecule has 0 radical (unpaired) electrons. The van der Waals surface area contributed by atoms with Gasteiger partial charge in [0.2, 0.25) is 0 Å². The van der Waals surface area contributed by atoms with Crippen LogP contribution in [0.2, 0.25) is 0 Å². The van der Waals surface area contributed by atoms with Gasteiger partial charge in [-0.2, -0.15) is 5.06 Å². The summed E-state index contributed by atoms with van der Waals surface area (Å²) in [5.74, 6) is 0. The minimum Gasteiger partial charge on any atom is -0.445 e. The Bertz CT molecular complexity index is 171. The van der Waals surface area contributed by atoms with Gasteiger partial charge in [0.25, 0.3) is 0 Å². The molecule has 84 valence electrons. The van der Waals surface area contributed by atoms with Crippen LogP contribution in [0.25, 0.3) is 0 Å². The zero-order valence-electron chi connectivity index (χ0n) is 9.36. The summed E-state index contributed by atoms with van der Waals surface area (Å²) in [6.07, 6.45) is -0.166. The fraction of sp³-hybridized carbons (Fsp3) is 0.889. The molecule has 0 aromatic heterocycles. The second-order valence-corrected chi connectivity index (χ2v) is 3.71. The molecule has 0 aliphatic heterocycles. The predicted octanol–water partition coefficient (Wildman–Crippen LogP) is 1.17. The standard InChI is InChI=1S/C9H20N2O3/c1-8(2)14-9(12)11(13)7-5-6-10(3)4/h8,13H,5-7H2,1-4H3. The van der Waals surface area contributed by atoms with E-state index in [0.717, 1.165) is 13.0 Å². The third-order valence-corrected chi connectivity index (χ3v) is 1.52. The summed E-state index contributed by atoms with van der Waals surface area (Å²) in [5.41, 5.74) is 0. The van der Waals surface area contributed by atoms with Crippen molar-refractivity contribution in [2.45, 2.75) is 26.4 Å². The quantitative estimate of drug-likeness (QED) is 0.539. The summed E-state index contributed by atoms with van der Waals surface area (Å²) in [7, 11) is 3.88. The van der Waals surface area contributed by atoms with Gasteiger partial charge in [0.1, 0.15) is 0 Å². The van der Waals surface area contributed by atoms with Crippen molar-refractivity contribution in [3.8, 4) is 0 Å². The Morgan fingerprint density at radius 1 is 1.36 bits per heavy atom. The predicted molar refractivity (Wildman–Crippen MR) is 53.3 cm³/mol. The lowest BCUT2D eigenvalue weighted by Gasteiger charge is -2.17. The summed E-state index contributed by atoms with van der Waals surface area (Å²) in [6.45, 7) is 4.60. The molecule has 0 atom stereocenters. The van der Waals surface area contributed by atoms with E-state index in [-0.39, 0.29) is 6.10 Å². The number of ether oxygens (including phenoxy) is 1. The van der Waals surface area contributed by atoms with Crippen molar-refractivity contribution < 1.29 is 14.7 Å². The molecule has 5 nitrogen and oxygen atoms in total. The van der Waals surface area contributed by atoms with Crippen molar-refractivity contribution in [1.82, 2.24) is 9.96 Å². The second-order valence-electron chi connectivity index (χ2n) is 3.71. The average Bonchev–Trinajstić information content (AvgIpc) is 2.01. The Morgan fingerprint density at radius 2 is 1.93 bits per heavy atom. The maximum Gasteiger partial charge on any atom is 0.433 e. The molecule has 0 saturated carbocycles. The molecule has 1 N–H and O–H groups in total. The molecule has 0 aliphatic carbocycles. The van der Waals surface area contributed by atoms with Gasteiger partial charge < -0.3 is 9.64 Å². The number of hydroxylamine groups is 2. The molecule has 0 aromatic carbocycles. The first kappa shape index (κ1) is 13.2. The first-order valence-corrected chi connectivity index (χ1v) is 4.75. The van der Waals surface area contributed by atoms with E-state index in [1.165, 1.54) is 0 Å². The number of amides is 1. The van der Waals surface area contributed by atoms with Gasteiger partial charge in [-0.15, -0.1) is 0 Å². The molecule has 0 aliphatic rings. The molecular formula is C9H20N2O3. The third kappa shape index (κ3) is 6.68. The van der Waals surface area contributed by atoms with Gasteiger partial charge in [-0.3, -0.25) is 5.21 Å². The summed E-state index contributed by atoms with van der Waals surface area (Å²) >= 11 is 0. The first-order valence-electron chi connectivity index (χ1n) is 4.75. The van der Waals surface area contributed by atoms with Crippen LogP contribution >= 0.6 is 0 Å². The molecule has 0 unspecified atom stereocenters. The zero-order chi connectivity index (χ0) is 11.1. The van der Waals surface area contributed by atoms with E-state index in [1.807, 2.05) is 19.0 Å². The number of hydrogen-bond donors (Lipinski definition) is 1. The van der Waals surface area contributed by atoms with Gasteiger partial charge in [-0.1, -0.05) is 0 Å². The van der Waals surface area contributed by atoms with Crippen LogP contribution in [0.5, 0.6) is 0 Å². The van der Waals surface area contributed by atoms with E-state index >= 15 is 0 Å². The van der Waals surface area contributed by atoms with E-state index in [2.05, 4.69) is 0 Å².